The highest BCUT2D eigenvalue weighted by molar-refractivity contribution is 8.12. The summed E-state index contributed by atoms with van der Waals surface area (Å²) in [5.74, 6) is 0.439. The van der Waals surface area contributed by atoms with Crippen molar-refractivity contribution in [3.05, 3.63) is 77.4 Å². The van der Waals surface area contributed by atoms with Crippen LogP contribution in [0.15, 0.2) is 60.7 Å². The van der Waals surface area contributed by atoms with Crippen LogP contribution in [0.25, 0.3) is 11.1 Å². The number of ether oxygens (including phenoxy) is 4. The second-order valence-corrected chi connectivity index (χ2v) is 10.1. The van der Waals surface area contributed by atoms with Gasteiger partial charge < -0.3 is 29.4 Å². The number of carboxylic acids is 1. The lowest BCUT2D eigenvalue weighted by Crippen LogP contribution is -2.41. The van der Waals surface area contributed by atoms with Gasteiger partial charge in [0.2, 0.25) is 0 Å². The van der Waals surface area contributed by atoms with Gasteiger partial charge in [0.15, 0.2) is 5.12 Å². The summed E-state index contributed by atoms with van der Waals surface area (Å²) < 4.78 is 21.5. The zero-order chi connectivity index (χ0) is 28.6. The van der Waals surface area contributed by atoms with E-state index in [9.17, 15) is 19.5 Å². The molecular weight excluding hydrogens is 534 g/mol. The average molecular weight is 566 g/mol. The van der Waals surface area contributed by atoms with Crippen LogP contribution in [-0.2, 0) is 20.1 Å². The quantitative estimate of drug-likeness (QED) is 0.304. The minimum absolute atomic E-state index is 0.0620. The molecule has 0 aromatic heterocycles. The topological polar surface area (TPSA) is 120 Å². The van der Waals surface area contributed by atoms with Gasteiger partial charge in [-0.3, -0.25) is 4.79 Å². The van der Waals surface area contributed by atoms with E-state index in [1.54, 1.807) is 12.1 Å². The molecule has 0 radical (unpaired) electrons. The van der Waals surface area contributed by atoms with Crippen LogP contribution >= 0.6 is 11.8 Å². The van der Waals surface area contributed by atoms with E-state index in [2.05, 4.69) is 5.32 Å². The molecule has 1 aliphatic rings. The molecule has 3 aromatic rings. The number of carbonyl (C=O) groups excluding carboxylic acids is 2. The molecule has 3 aromatic carbocycles. The first-order valence-electron chi connectivity index (χ1n) is 12.6. The van der Waals surface area contributed by atoms with Crippen molar-refractivity contribution in [2.75, 3.05) is 27.9 Å². The third-order valence-corrected chi connectivity index (χ3v) is 7.72. The minimum atomic E-state index is -1.27. The Bertz CT molecular complexity index is 1320. The lowest BCUT2D eigenvalue weighted by molar-refractivity contribution is -0.139. The van der Waals surface area contributed by atoms with Crippen LogP contribution in [0.2, 0.25) is 0 Å². The molecule has 0 bridgehead atoms. The number of alkyl carbamates (subject to hydrolysis) is 1. The number of carbonyl (C=O) groups is 3. The molecule has 9 nitrogen and oxygen atoms in total. The van der Waals surface area contributed by atoms with Crippen LogP contribution in [-0.4, -0.2) is 56.3 Å². The summed E-state index contributed by atoms with van der Waals surface area (Å²) in [4.78, 5) is 37.0. The van der Waals surface area contributed by atoms with Crippen molar-refractivity contribution in [3.8, 4) is 28.4 Å². The van der Waals surface area contributed by atoms with E-state index in [0.29, 0.717) is 22.8 Å². The minimum Gasteiger partial charge on any atom is -0.496 e. The molecule has 0 fully saturated rings. The van der Waals surface area contributed by atoms with Crippen LogP contribution in [0.3, 0.4) is 0 Å². The monoisotopic (exact) mass is 565 g/mol. The molecule has 1 aliphatic carbocycles. The van der Waals surface area contributed by atoms with Gasteiger partial charge >= 0.3 is 12.1 Å². The van der Waals surface area contributed by atoms with Gasteiger partial charge in [0.1, 0.15) is 29.9 Å². The number of carboxylic acid groups (broad SMARTS) is 1. The summed E-state index contributed by atoms with van der Waals surface area (Å²) in [6, 6.07) is 18.0. The van der Waals surface area contributed by atoms with Crippen molar-refractivity contribution in [1.82, 2.24) is 5.32 Å². The molecule has 2 N–H and O–H groups in total. The molecule has 40 heavy (non-hydrogen) atoms. The first-order valence-corrected chi connectivity index (χ1v) is 13.6. The maximum atomic E-state index is 12.6. The molecule has 1 amide bonds. The second kappa shape index (κ2) is 13.3. The van der Waals surface area contributed by atoms with Crippen molar-refractivity contribution in [3.63, 3.8) is 0 Å². The van der Waals surface area contributed by atoms with E-state index in [-0.39, 0.29) is 36.2 Å². The van der Waals surface area contributed by atoms with Gasteiger partial charge in [-0.15, -0.1) is 0 Å². The number of fused-ring (bicyclic) bond motifs is 3. The summed E-state index contributed by atoms with van der Waals surface area (Å²) in [5.41, 5.74) is 4.97. The highest BCUT2D eigenvalue weighted by Gasteiger charge is 2.30. The summed E-state index contributed by atoms with van der Waals surface area (Å²) in [5, 5.41) is 11.8. The Balaban J connectivity index is 1.31. The van der Waals surface area contributed by atoms with Crippen molar-refractivity contribution in [1.29, 1.82) is 0 Å². The van der Waals surface area contributed by atoms with Crippen molar-refractivity contribution >= 4 is 28.9 Å². The number of methoxy groups -OCH3 is 3. The summed E-state index contributed by atoms with van der Waals surface area (Å²) in [7, 11) is 4.55. The Labute approximate surface area is 236 Å². The SMILES string of the molecule is COc1cc(OC)c(CSC(=O)CCC(NC(=O)OCC2c3ccccc3-c3ccccc32)C(=O)O)c(OC)c1. The molecule has 10 heteroatoms. The molecule has 0 saturated heterocycles. The first kappa shape index (κ1) is 28.8. The molecule has 210 valence electrons. The normalized spacial score (nSPS) is 12.6. The number of benzene rings is 3. The van der Waals surface area contributed by atoms with Gasteiger partial charge in [-0.2, -0.15) is 0 Å². The van der Waals surface area contributed by atoms with Crippen molar-refractivity contribution in [2.24, 2.45) is 0 Å². The molecule has 0 saturated carbocycles. The number of thioether (sulfide) groups is 1. The maximum Gasteiger partial charge on any atom is 0.407 e. The third-order valence-electron chi connectivity index (χ3n) is 6.77. The fourth-order valence-electron chi connectivity index (χ4n) is 4.75. The number of hydrogen-bond donors (Lipinski definition) is 2. The number of rotatable bonds is 12. The molecule has 0 aliphatic heterocycles. The predicted octanol–water partition coefficient (Wildman–Crippen LogP) is 5.24. The number of aliphatic carboxylic acids is 1. The Kier molecular flexibility index (Phi) is 9.55. The fraction of sp³-hybridized carbons (Fsp3) is 0.300. The standard InChI is InChI=1S/C30H31NO8S/c1-36-18-14-26(37-2)24(27(15-18)38-3)17-40-28(32)13-12-25(29(33)34)31-30(35)39-16-23-21-10-6-4-8-19(21)20-9-5-7-11-22(20)23/h4-11,14-15,23,25H,12-13,16-17H2,1-3H3,(H,31,35)(H,33,34). The van der Waals surface area contributed by atoms with E-state index >= 15 is 0 Å². The van der Waals surface area contributed by atoms with E-state index in [1.165, 1.54) is 21.3 Å². The van der Waals surface area contributed by atoms with Gasteiger partial charge in [0, 0.05) is 35.8 Å². The molecular formula is C30H31NO8S. The zero-order valence-electron chi connectivity index (χ0n) is 22.5. The summed E-state index contributed by atoms with van der Waals surface area (Å²) >= 11 is 1.01. The average Bonchev–Trinajstić information content (AvgIpc) is 3.29. The molecule has 1 atom stereocenters. The lowest BCUT2D eigenvalue weighted by Gasteiger charge is -2.17. The van der Waals surface area contributed by atoms with Crippen LogP contribution in [0.1, 0.15) is 35.4 Å². The van der Waals surface area contributed by atoms with E-state index in [0.717, 1.165) is 34.0 Å². The van der Waals surface area contributed by atoms with Gasteiger partial charge in [-0.25, -0.2) is 9.59 Å². The third kappa shape index (κ3) is 6.51. The van der Waals surface area contributed by atoms with Gasteiger partial charge in [0.05, 0.1) is 21.3 Å². The largest absolute Gasteiger partial charge is 0.496 e. The zero-order valence-corrected chi connectivity index (χ0v) is 23.3. The summed E-state index contributed by atoms with van der Waals surface area (Å²) in [6.45, 7) is 0.0620. The van der Waals surface area contributed by atoms with Crippen LogP contribution < -0.4 is 19.5 Å². The van der Waals surface area contributed by atoms with Crippen LogP contribution in [0.4, 0.5) is 4.79 Å². The van der Waals surface area contributed by atoms with Crippen molar-refractivity contribution < 1.29 is 38.4 Å². The molecule has 4 rings (SSSR count). The van der Waals surface area contributed by atoms with Gasteiger partial charge in [0.25, 0.3) is 0 Å². The number of nitrogens with one attached hydrogen (secondary N) is 1. The van der Waals surface area contributed by atoms with Gasteiger partial charge in [-0.05, 0) is 28.7 Å². The number of amides is 1. The van der Waals surface area contributed by atoms with Crippen LogP contribution in [0, 0.1) is 0 Å². The molecule has 1 unspecified atom stereocenters. The maximum absolute atomic E-state index is 12.6. The van der Waals surface area contributed by atoms with E-state index in [1.807, 2.05) is 48.5 Å². The Morgan fingerprint density at radius 2 is 1.48 bits per heavy atom. The molecule has 0 heterocycles. The Morgan fingerprint density at radius 1 is 0.900 bits per heavy atom. The number of hydrogen-bond acceptors (Lipinski definition) is 8. The van der Waals surface area contributed by atoms with Crippen molar-refractivity contribution in [2.45, 2.75) is 30.6 Å². The first-order chi connectivity index (χ1) is 19.4. The van der Waals surface area contributed by atoms with E-state index in [4.69, 9.17) is 18.9 Å². The van der Waals surface area contributed by atoms with E-state index < -0.39 is 18.1 Å². The lowest BCUT2D eigenvalue weighted by atomic mass is 9.98. The highest BCUT2D eigenvalue weighted by Crippen LogP contribution is 2.44. The second-order valence-electron chi connectivity index (χ2n) is 9.07. The highest BCUT2D eigenvalue weighted by atomic mass is 32.2. The van der Waals surface area contributed by atoms with Crippen LogP contribution in [0.5, 0.6) is 17.2 Å². The van der Waals surface area contributed by atoms with Gasteiger partial charge in [-0.1, -0.05) is 60.3 Å². The predicted molar refractivity (Wildman–Crippen MR) is 151 cm³/mol. The molecule has 0 spiro atoms. The smallest absolute Gasteiger partial charge is 0.407 e. The summed E-state index contributed by atoms with van der Waals surface area (Å²) in [6.07, 6.45) is -0.990. The Morgan fingerprint density at radius 3 is 2.00 bits per heavy atom. The Hall–Kier alpha value is -4.18. The fourth-order valence-corrected chi connectivity index (χ4v) is 5.60.